The first-order chi connectivity index (χ1) is 21.6. The lowest BCUT2D eigenvalue weighted by atomic mass is 9.47. The van der Waals surface area contributed by atoms with Crippen LogP contribution in [0.25, 0.3) is 0 Å². The minimum Gasteiger partial charge on any atom is -0.462 e. The molecule has 4 aliphatic rings. The molecule has 0 saturated heterocycles. The van der Waals surface area contributed by atoms with Crippen LogP contribution in [0, 0.1) is 52.3 Å². The molecular formula is C43H74O2. The van der Waals surface area contributed by atoms with Gasteiger partial charge in [0.1, 0.15) is 6.10 Å². The average molecular weight is 623 g/mol. The Bertz CT molecular complexity index is 961. The number of allylic oxidation sites excluding steroid dienone is 3. The van der Waals surface area contributed by atoms with Crippen molar-refractivity contribution in [2.75, 3.05) is 0 Å². The molecule has 0 amide bonds. The van der Waals surface area contributed by atoms with Gasteiger partial charge in [0, 0.05) is 12.8 Å². The van der Waals surface area contributed by atoms with E-state index in [1.165, 1.54) is 103 Å². The van der Waals surface area contributed by atoms with Crippen LogP contribution in [0.15, 0.2) is 23.8 Å². The topological polar surface area (TPSA) is 26.3 Å². The molecule has 45 heavy (non-hydrogen) atoms. The van der Waals surface area contributed by atoms with Crippen molar-refractivity contribution in [3.63, 3.8) is 0 Å². The van der Waals surface area contributed by atoms with E-state index in [9.17, 15) is 4.79 Å². The molecule has 9 unspecified atom stereocenters. The van der Waals surface area contributed by atoms with Crippen molar-refractivity contribution in [1.82, 2.24) is 0 Å². The third-order valence-electron chi connectivity index (χ3n) is 14.2. The van der Waals surface area contributed by atoms with Crippen LogP contribution >= 0.6 is 0 Å². The molecule has 0 heterocycles. The second-order valence-corrected chi connectivity index (χ2v) is 17.2. The molecule has 0 aromatic heterocycles. The van der Waals surface area contributed by atoms with E-state index >= 15 is 0 Å². The maximum absolute atomic E-state index is 12.8. The van der Waals surface area contributed by atoms with Crippen molar-refractivity contribution >= 4 is 5.97 Å². The van der Waals surface area contributed by atoms with Crippen LogP contribution < -0.4 is 0 Å². The fourth-order valence-corrected chi connectivity index (χ4v) is 11.3. The van der Waals surface area contributed by atoms with Gasteiger partial charge < -0.3 is 4.74 Å². The van der Waals surface area contributed by atoms with E-state index in [4.69, 9.17) is 4.74 Å². The van der Waals surface area contributed by atoms with E-state index < -0.39 is 0 Å². The van der Waals surface area contributed by atoms with Gasteiger partial charge in [-0.15, -0.1) is 0 Å². The highest BCUT2D eigenvalue weighted by Gasteiger charge is 2.59. The van der Waals surface area contributed by atoms with Gasteiger partial charge in [-0.2, -0.15) is 0 Å². The molecule has 0 spiro atoms. The number of carbonyl (C=O) groups is 1. The summed E-state index contributed by atoms with van der Waals surface area (Å²) in [6, 6.07) is 0. The number of ether oxygens (including phenoxy) is 1. The van der Waals surface area contributed by atoms with Gasteiger partial charge in [-0.25, -0.2) is 0 Å². The van der Waals surface area contributed by atoms with Crippen molar-refractivity contribution in [1.29, 1.82) is 0 Å². The monoisotopic (exact) mass is 623 g/mol. The molecule has 3 fully saturated rings. The minimum atomic E-state index is 0.0509. The van der Waals surface area contributed by atoms with E-state index in [1.807, 2.05) is 0 Å². The van der Waals surface area contributed by atoms with Gasteiger partial charge in [0.15, 0.2) is 0 Å². The van der Waals surface area contributed by atoms with Gasteiger partial charge >= 0.3 is 5.97 Å². The minimum absolute atomic E-state index is 0.0509. The van der Waals surface area contributed by atoms with E-state index in [1.54, 1.807) is 5.57 Å². The first kappa shape index (κ1) is 36.8. The van der Waals surface area contributed by atoms with Gasteiger partial charge in [-0.05, 0) is 129 Å². The Morgan fingerprint density at radius 3 is 2.36 bits per heavy atom. The number of esters is 1. The van der Waals surface area contributed by atoms with Crippen LogP contribution in [-0.4, -0.2) is 12.1 Å². The quantitative estimate of drug-likeness (QED) is 0.0863. The largest absolute Gasteiger partial charge is 0.462 e. The molecule has 0 N–H and O–H groups in total. The Morgan fingerprint density at radius 1 is 0.889 bits per heavy atom. The normalized spacial score (nSPS) is 34.2. The molecule has 4 rings (SSSR count). The van der Waals surface area contributed by atoms with E-state index in [0.29, 0.717) is 17.3 Å². The van der Waals surface area contributed by atoms with Gasteiger partial charge in [-0.3, -0.25) is 4.79 Å². The Morgan fingerprint density at radius 2 is 1.62 bits per heavy atom. The summed E-state index contributed by atoms with van der Waals surface area (Å²) in [5.41, 5.74) is 2.51. The van der Waals surface area contributed by atoms with Crippen molar-refractivity contribution in [3.05, 3.63) is 23.8 Å². The fraction of sp³-hybridized carbons (Fsp3) is 0.884. The zero-order chi connectivity index (χ0) is 32.5. The van der Waals surface area contributed by atoms with Crippen LogP contribution in [0.4, 0.5) is 0 Å². The number of fused-ring (bicyclic) bond motifs is 5. The summed E-state index contributed by atoms with van der Waals surface area (Å²) in [5, 5.41) is 0. The van der Waals surface area contributed by atoms with E-state index in [-0.39, 0.29) is 12.1 Å². The Hall–Kier alpha value is -1.05. The molecule has 9 atom stereocenters. The predicted octanol–water partition coefficient (Wildman–Crippen LogP) is 13.1. The summed E-state index contributed by atoms with van der Waals surface area (Å²) in [5.74, 6) is 6.15. The van der Waals surface area contributed by atoms with E-state index in [0.717, 1.165) is 67.1 Å². The van der Waals surface area contributed by atoms with Crippen LogP contribution in [0.3, 0.4) is 0 Å². The van der Waals surface area contributed by atoms with Gasteiger partial charge in [0.2, 0.25) is 0 Å². The lowest BCUT2D eigenvalue weighted by molar-refractivity contribution is -0.151. The number of unbranched alkanes of at least 4 members (excludes halogenated alkanes) is 7. The predicted molar refractivity (Wildman–Crippen MR) is 193 cm³/mol. The second kappa shape index (κ2) is 17.4. The van der Waals surface area contributed by atoms with Crippen LogP contribution in [0.5, 0.6) is 0 Å². The van der Waals surface area contributed by atoms with Crippen molar-refractivity contribution < 1.29 is 9.53 Å². The molecule has 0 bridgehead atoms. The first-order valence-electron chi connectivity index (χ1n) is 20.2. The fourth-order valence-electron chi connectivity index (χ4n) is 11.3. The summed E-state index contributed by atoms with van der Waals surface area (Å²) in [6.07, 6.45) is 33.5. The summed E-state index contributed by atoms with van der Waals surface area (Å²) in [4.78, 5) is 12.8. The van der Waals surface area contributed by atoms with Crippen molar-refractivity contribution in [2.45, 2.75) is 189 Å². The third kappa shape index (κ3) is 9.10. The zero-order valence-electron chi connectivity index (χ0n) is 31.0. The van der Waals surface area contributed by atoms with Gasteiger partial charge in [-0.1, -0.05) is 117 Å². The van der Waals surface area contributed by atoms with Crippen molar-refractivity contribution in [2.24, 2.45) is 52.3 Å². The Kier molecular flexibility index (Phi) is 14.2. The molecule has 0 aromatic rings. The summed E-state index contributed by atoms with van der Waals surface area (Å²) in [6.45, 7) is 17.4. The van der Waals surface area contributed by atoms with Crippen molar-refractivity contribution in [3.8, 4) is 0 Å². The van der Waals surface area contributed by atoms with Gasteiger partial charge in [0.25, 0.3) is 0 Å². The SMILES string of the molecule is CCCC/C=C\CCCCCCCC(=O)OC1CCC2(C)C(=CCC3C2CCC2(C)C(C(C)CCC(CC)C(C)C)CCC32)C1. The maximum Gasteiger partial charge on any atom is 0.306 e. The zero-order valence-corrected chi connectivity index (χ0v) is 31.0. The van der Waals surface area contributed by atoms with Gasteiger partial charge in [0.05, 0.1) is 0 Å². The standard InChI is InChI=1S/C43H74O2/c1-8-10-11-12-13-14-15-16-17-18-19-20-41(44)45-36-27-29-42(6)35(31-36)23-24-37-39-26-25-38(43(39,7)30-28-40(37)42)33(5)21-22-34(9-2)32(3)4/h12-13,23,32-34,36-40H,8-11,14-22,24-31H2,1-7H3/b13-12-. The summed E-state index contributed by atoms with van der Waals surface area (Å²) in [7, 11) is 0. The second-order valence-electron chi connectivity index (χ2n) is 17.2. The van der Waals surface area contributed by atoms with E-state index in [2.05, 4.69) is 66.7 Å². The molecule has 258 valence electrons. The molecular weight excluding hydrogens is 548 g/mol. The molecule has 0 aromatic carbocycles. The number of carbonyl (C=O) groups excluding carboxylic acids is 1. The first-order valence-corrected chi connectivity index (χ1v) is 20.2. The smallest absolute Gasteiger partial charge is 0.306 e. The lowest BCUT2D eigenvalue weighted by Crippen LogP contribution is -2.51. The highest BCUT2D eigenvalue weighted by atomic mass is 16.5. The molecule has 4 aliphatic carbocycles. The molecule has 2 heteroatoms. The number of hydrogen-bond acceptors (Lipinski definition) is 2. The average Bonchev–Trinajstić information content (AvgIpc) is 3.37. The van der Waals surface area contributed by atoms with Crippen LogP contribution in [-0.2, 0) is 9.53 Å². The van der Waals surface area contributed by atoms with Crippen LogP contribution in [0.2, 0.25) is 0 Å². The highest BCUT2D eigenvalue weighted by molar-refractivity contribution is 5.69. The third-order valence-corrected chi connectivity index (χ3v) is 14.2. The maximum atomic E-state index is 12.8. The molecule has 3 saturated carbocycles. The number of rotatable bonds is 18. The van der Waals surface area contributed by atoms with Crippen LogP contribution in [0.1, 0.15) is 183 Å². The molecule has 0 aliphatic heterocycles. The highest BCUT2D eigenvalue weighted by Crippen LogP contribution is 2.67. The molecule has 0 radical (unpaired) electrons. The Labute approximate surface area is 280 Å². The summed E-state index contributed by atoms with van der Waals surface area (Å²) >= 11 is 0. The lowest BCUT2D eigenvalue weighted by Gasteiger charge is -2.58. The Balaban J connectivity index is 1.21. The number of hydrogen-bond donors (Lipinski definition) is 0. The summed E-state index contributed by atoms with van der Waals surface area (Å²) < 4.78 is 6.11. The molecule has 2 nitrogen and oxygen atoms in total.